The zero-order chi connectivity index (χ0) is 16.7. The Morgan fingerprint density at radius 2 is 1.96 bits per heavy atom. The van der Waals surface area contributed by atoms with E-state index in [-0.39, 0.29) is 17.3 Å². The predicted molar refractivity (Wildman–Crippen MR) is 97.7 cm³/mol. The van der Waals surface area contributed by atoms with Gasteiger partial charge in [0.2, 0.25) is 0 Å². The molecule has 130 valence electrons. The minimum Gasteiger partial charge on any atom is -0.324 e. The highest BCUT2D eigenvalue weighted by atomic mass is 35.5. The number of nitrogens with zero attached hydrogens (tertiary/aromatic N) is 2. The largest absolute Gasteiger partial charge is 0.326 e. The molecule has 0 radical (unpaired) electrons. The molecular weight excluding hydrogens is 324 g/mol. The van der Waals surface area contributed by atoms with Crippen molar-refractivity contribution in [1.82, 2.24) is 14.5 Å². The van der Waals surface area contributed by atoms with Crippen LogP contribution in [0.5, 0.6) is 0 Å². The van der Waals surface area contributed by atoms with Gasteiger partial charge >= 0.3 is 5.69 Å². The maximum Gasteiger partial charge on any atom is 0.326 e. The van der Waals surface area contributed by atoms with Gasteiger partial charge in [0.25, 0.3) is 0 Å². The lowest BCUT2D eigenvalue weighted by molar-refractivity contribution is 0.151. The molecule has 0 unspecified atom stereocenters. The lowest BCUT2D eigenvalue weighted by Gasteiger charge is -2.37. The average Bonchev–Trinajstić information content (AvgIpc) is 3.11. The molecule has 0 spiro atoms. The molecule has 24 heavy (non-hydrogen) atoms. The van der Waals surface area contributed by atoms with Gasteiger partial charge in [-0.3, -0.25) is 4.57 Å². The van der Waals surface area contributed by atoms with E-state index in [2.05, 4.69) is 9.88 Å². The molecule has 1 aromatic carbocycles. The summed E-state index contributed by atoms with van der Waals surface area (Å²) in [6, 6.07) is 5.86. The van der Waals surface area contributed by atoms with Crippen LogP contribution in [0.2, 0.25) is 5.02 Å². The summed E-state index contributed by atoms with van der Waals surface area (Å²) >= 11 is 6.03. The number of halogens is 1. The number of hydrogen-bond donors (Lipinski definition) is 2. The summed E-state index contributed by atoms with van der Waals surface area (Å²) in [4.78, 5) is 17.8. The molecule has 6 heteroatoms. The summed E-state index contributed by atoms with van der Waals surface area (Å²) in [6.45, 7) is 3.02. The third-order valence-corrected chi connectivity index (χ3v) is 5.97. The fourth-order valence-corrected chi connectivity index (χ4v) is 4.66. The maximum absolute atomic E-state index is 12.4. The number of likely N-dealkylation sites (tertiary alicyclic amines) is 1. The summed E-state index contributed by atoms with van der Waals surface area (Å²) in [5.41, 5.74) is 8.28. The number of hydrogen-bond acceptors (Lipinski definition) is 3. The van der Waals surface area contributed by atoms with Crippen LogP contribution in [0.4, 0.5) is 0 Å². The molecule has 0 bridgehead atoms. The zero-order valence-corrected chi connectivity index (χ0v) is 14.7. The lowest BCUT2D eigenvalue weighted by atomic mass is 9.96. The first-order chi connectivity index (χ1) is 11.5. The second-order valence-electron chi connectivity index (χ2n) is 7.54. The first-order valence-corrected chi connectivity index (χ1v) is 9.33. The van der Waals surface area contributed by atoms with Crippen molar-refractivity contribution in [3.63, 3.8) is 0 Å². The van der Waals surface area contributed by atoms with Gasteiger partial charge in [-0.25, -0.2) is 4.79 Å². The number of benzene rings is 1. The first-order valence-electron chi connectivity index (χ1n) is 8.95. The average molecular weight is 349 g/mol. The molecule has 4 rings (SSSR count). The SMILES string of the molecule is NC1(CN2CCC(n3c(=O)[nH]c4cc(Cl)ccc43)CC2)CCCC1. The van der Waals surface area contributed by atoms with Crippen molar-refractivity contribution >= 4 is 22.6 Å². The Morgan fingerprint density at radius 1 is 1.25 bits per heavy atom. The zero-order valence-electron chi connectivity index (χ0n) is 13.9. The highest BCUT2D eigenvalue weighted by molar-refractivity contribution is 6.31. The van der Waals surface area contributed by atoms with Crippen molar-refractivity contribution in [3.05, 3.63) is 33.7 Å². The Kier molecular flexibility index (Phi) is 4.19. The van der Waals surface area contributed by atoms with Crippen LogP contribution in [0.3, 0.4) is 0 Å². The van der Waals surface area contributed by atoms with Gasteiger partial charge in [-0.05, 0) is 43.9 Å². The number of fused-ring (bicyclic) bond motifs is 1. The molecule has 1 saturated carbocycles. The van der Waals surface area contributed by atoms with E-state index in [1.54, 1.807) is 0 Å². The summed E-state index contributed by atoms with van der Waals surface area (Å²) in [5, 5.41) is 0.649. The highest BCUT2D eigenvalue weighted by Crippen LogP contribution is 2.31. The Balaban J connectivity index is 1.48. The van der Waals surface area contributed by atoms with Gasteiger partial charge in [0.15, 0.2) is 0 Å². The monoisotopic (exact) mass is 348 g/mol. The Labute approximate surface area is 146 Å². The summed E-state index contributed by atoms with van der Waals surface area (Å²) in [6.07, 6.45) is 6.81. The number of imidazole rings is 1. The van der Waals surface area contributed by atoms with E-state index in [9.17, 15) is 4.79 Å². The molecule has 1 saturated heterocycles. The molecule has 1 aromatic heterocycles. The highest BCUT2D eigenvalue weighted by Gasteiger charge is 2.33. The van der Waals surface area contributed by atoms with E-state index < -0.39 is 0 Å². The van der Waals surface area contributed by atoms with Gasteiger partial charge in [0.05, 0.1) is 11.0 Å². The molecule has 3 N–H and O–H groups in total. The summed E-state index contributed by atoms with van der Waals surface area (Å²) < 4.78 is 1.91. The summed E-state index contributed by atoms with van der Waals surface area (Å²) in [7, 11) is 0. The van der Waals surface area contributed by atoms with Crippen LogP contribution in [0.25, 0.3) is 11.0 Å². The molecule has 5 nitrogen and oxygen atoms in total. The minimum absolute atomic E-state index is 0.0151. The van der Waals surface area contributed by atoms with E-state index in [1.807, 2.05) is 22.8 Å². The fourth-order valence-electron chi connectivity index (χ4n) is 4.48. The van der Waals surface area contributed by atoms with Crippen LogP contribution in [-0.4, -0.2) is 39.6 Å². The van der Waals surface area contributed by atoms with E-state index >= 15 is 0 Å². The number of nitrogens with two attached hydrogens (primary N) is 1. The molecule has 1 aliphatic heterocycles. The molecule has 1 aliphatic carbocycles. The van der Waals surface area contributed by atoms with E-state index in [4.69, 9.17) is 17.3 Å². The van der Waals surface area contributed by atoms with Gasteiger partial charge in [-0.2, -0.15) is 0 Å². The molecular formula is C18H25ClN4O. The Bertz CT molecular complexity index is 782. The second kappa shape index (κ2) is 6.21. The van der Waals surface area contributed by atoms with Crippen molar-refractivity contribution in [3.8, 4) is 0 Å². The number of rotatable bonds is 3. The van der Waals surface area contributed by atoms with Gasteiger partial charge < -0.3 is 15.6 Å². The normalized spacial score (nSPS) is 22.4. The number of H-pyrrole nitrogens is 1. The number of nitrogens with one attached hydrogen (secondary N) is 1. The van der Waals surface area contributed by atoms with E-state index in [1.165, 1.54) is 12.8 Å². The predicted octanol–water partition coefficient (Wildman–Crippen LogP) is 2.89. The van der Waals surface area contributed by atoms with Crippen molar-refractivity contribution in [2.24, 2.45) is 5.73 Å². The summed E-state index contributed by atoms with van der Waals surface area (Å²) in [5.74, 6) is 0. The molecule has 2 fully saturated rings. The third-order valence-electron chi connectivity index (χ3n) is 5.74. The van der Waals surface area contributed by atoms with E-state index in [0.29, 0.717) is 5.02 Å². The smallest absolute Gasteiger partial charge is 0.324 e. The van der Waals surface area contributed by atoms with Gasteiger partial charge in [-0.1, -0.05) is 24.4 Å². The minimum atomic E-state index is -0.0307. The fraction of sp³-hybridized carbons (Fsp3) is 0.611. The topological polar surface area (TPSA) is 67.0 Å². The molecule has 0 amide bonds. The van der Waals surface area contributed by atoms with Crippen molar-refractivity contribution < 1.29 is 0 Å². The molecule has 2 aliphatic rings. The van der Waals surface area contributed by atoms with Crippen LogP contribution < -0.4 is 11.4 Å². The molecule has 2 aromatic rings. The lowest BCUT2D eigenvalue weighted by Crippen LogP contribution is -2.50. The van der Waals surface area contributed by atoms with Crippen LogP contribution in [-0.2, 0) is 0 Å². The molecule has 2 heterocycles. The number of piperidine rings is 1. The van der Waals surface area contributed by atoms with Crippen molar-refractivity contribution in [2.75, 3.05) is 19.6 Å². The van der Waals surface area contributed by atoms with Gasteiger partial charge in [0.1, 0.15) is 0 Å². The quantitative estimate of drug-likeness (QED) is 0.896. The second-order valence-corrected chi connectivity index (χ2v) is 7.97. The Hall–Kier alpha value is -1.30. The maximum atomic E-state index is 12.4. The van der Waals surface area contributed by atoms with Crippen LogP contribution in [0.15, 0.2) is 23.0 Å². The Morgan fingerprint density at radius 3 is 2.67 bits per heavy atom. The van der Waals surface area contributed by atoms with Gasteiger partial charge in [0, 0.05) is 36.2 Å². The number of aromatic nitrogens is 2. The van der Waals surface area contributed by atoms with Crippen LogP contribution in [0.1, 0.15) is 44.6 Å². The first kappa shape index (κ1) is 16.2. The number of aromatic amines is 1. The van der Waals surface area contributed by atoms with Crippen LogP contribution in [0, 0.1) is 0 Å². The van der Waals surface area contributed by atoms with Crippen LogP contribution >= 0.6 is 11.6 Å². The molecule has 0 atom stereocenters. The third kappa shape index (κ3) is 3.01. The van der Waals surface area contributed by atoms with Gasteiger partial charge in [-0.15, -0.1) is 0 Å². The van der Waals surface area contributed by atoms with Crippen molar-refractivity contribution in [2.45, 2.75) is 50.1 Å². The van der Waals surface area contributed by atoms with E-state index in [0.717, 1.165) is 56.4 Å². The standard InChI is InChI=1S/C18H25ClN4O/c19-13-3-4-16-15(11-13)21-17(24)23(16)14-5-9-22(10-6-14)12-18(20)7-1-2-8-18/h3-4,11,14H,1-2,5-10,12,20H2,(H,21,24). The van der Waals surface area contributed by atoms with Crippen molar-refractivity contribution in [1.29, 1.82) is 0 Å².